The van der Waals surface area contributed by atoms with Crippen LogP contribution < -0.4 is 10.2 Å². The summed E-state index contributed by atoms with van der Waals surface area (Å²) in [6, 6.07) is -0.217. The minimum Gasteiger partial charge on any atom is -0.477 e. The van der Waals surface area contributed by atoms with Crippen LogP contribution in [0, 0.1) is 6.92 Å². The van der Waals surface area contributed by atoms with E-state index in [1.807, 2.05) is 4.90 Å². The molecule has 2 atom stereocenters. The van der Waals surface area contributed by atoms with Gasteiger partial charge in [-0.25, -0.2) is 9.78 Å². The summed E-state index contributed by atoms with van der Waals surface area (Å²) < 4.78 is 11.2. The third-order valence-electron chi connectivity index (χ3n) is 4.89. The lowest BCUT2D eigenvalue weighted by Gasteiger charge is -2.37. The molecule has 0 spiro atoms. The number of ether oxygens (including phenoxy) is 2. The lowest BCUT2D eigenvalue weighted by atomic mass is 10.0. The first-order valence-corrected chi connectivity index (χ1v) is 11.1. The van der Waals surface area contributed by atoms with E-state index in [1.165, 1.54) is 7.11 Å². The number of hydrogen-bond acceptors (Lipinski definition) is 7. The number of piperidine rings is 1. The minimum absolute atomic E-state index is 0.130. The van der Waals surface area contributed by atoms with Gasteiger partial charge in [-0.15, -0.1) is 0 Å². The van der Waals surface area contributed by atoms with Crippen molar-refractivity contribution in [2.75, 3.05) is 32.2 Å². The van der Waals surface area contributed by atoms with Crippen LogP contribution in [0.15, 0.2) is 4.47 Å². The van der Waals surface area contributed by atoms with Crippen LogP contribution in [0.5, 0.6) is 0 Å². The number of hydrogen-bond donors (Lipinski definition) is 3. The Balaban J connectivity index is 1.72. The first kappa shape index (κ1) is 23.0. The molecule has 0 aliphatic carbocycles. The van der Waals surface area contributed by atoms with Gasteiger partial charge in [0.1, 0.15) is 10.6 Å². The topological polar surface area (TPSA) is 117 Å². The summed E-state index contributed by atoms with van der Waals surface area (Å²) in [5.74, 6) is -1.30. The molecule has 1 fully saturated rings. The van der Waals surface area contributed by atoms with Crippen molar-refractivity contribution in [3.8, 4) is 0 Å². The van der Waals surface area contributed by atoms with E-state index in [1.54, 1.807) is 14.0 Å². The zero-order valence-electron chi connectivity index (χ0n) is 16.6. The number of thiazole rings is 1. The van der Waals surface area contributed by atoms with Gasteiger partial charge in [-0.2, -0.15) is 0 Å². The second-order valence-electron chi connectivity index (χ2n) is 6.85. The Morgan fingerprint density at radius 1 is 1.47 bits per heavy atom. The van der Waals surface area contributed by atoms with Crippen molar-refractivity contribution in [3.63, 3.8) is 0 Å². The average molecular weight is 522 g/mol. The molecule has 2 aromatic heterocycles. The second-order valence-corrected chi connectivity index (χ2v) is 9.00. The Morgan fingerprint density at radius 3 is 2.77 bits per heavy atom. The molecule has 0 bridgehead atoms. The summed E-state index contributed by atoms with van der Waals surface area (Å²) in [5.41, 5.74) is 1.47. The van der Waals surface area contributed by atoms with Gasteiger partial charge in [0.15, 0.2) is 5.13 Å². The van der Waals surface area contributed by atoms with Gasteiger partial charge in [0.05, 0.1) is 33.9 Å². The molecule has 12 heteroatoms. The van der Waals surface area contributed by atoms with Gasteiger partial charge in [-0.3, -0.25) is 4.79 Å². The van der Waals surface area contributed by atoms with Gasteiger partial charge in [-0.05, 0) is 29.3 Å². The number of carboxylic acids is 1. The maximum atomic E-state index is 12.7. The fraction of sp³-hybridized carbons (Fsp3) is 0.500. The number of anilines is 1. The number of amides is 1. The molecular weight excluding hydrogens is 500 g/mol. The first-order valence-electron chi connectivity index (χ1n) is 9.10. The van der Waals surface area contributed by atoms with Gasteiger partial charge in [0.2, 0.25) is 0 Å². The van der Waals surface area contributed by atoms with Crippen molar-refractivity contribution in [1.82, 2.24) is 15.3 Å². The monoisotopic (exact) mass is 520 g/mol. The summed E-state index contributed by atoms with van der Waals surface area (Å²) >= 11 is 10.6. The highest BCUT2D eigenvalue weighted by atomic mass is 79.9. The molecule has 0 aromatic carbocycles. The molecule has 3 heterocycles. The Hall–Kier alpha value is -1.66. The fourth-order valence-corrected chi connectivity index (χ4v) is 5.00. The van der Waals surface area contributed by atoms with E-state index in [0.717, 1.165) is 11.3 Å². The van der Waals surface area contributed by atoms with E-state index < -0.39 is 5.97 Å². The molecule has 3 rings (SSSR count). The average Bonchev–Trinajstić information content (AvgIpc) is 3.25. The van der Waals surface area contributed by atoms with Gasteiger partial charge >= 0.3 is 5.97 Å². The van der Waals surface area contributed by atoms with Crippen molar-refractivity contribution < 1.29 is 24.2 Å². The highest BCUT2D eigenvalue weighted by Gasteiger charge is 2.33. The van der Waals surface area contributed by atoms with E-state index >= 15 is 0 Å². The number of aromatic nitrogens is 2. The molecule has 1 saturated heterocycles. The number of carbonyl (C=O) groups is 2. The largest absolute Gasteiger partial charge is 0.477 e. The zero-order chi connectivity index (χ0) is 22.0. The number of carboxylic acid groups (broad SMARTS) is 1. The van der Waals surface area contributed by atoms with Crippen LogP contribution in [0.25, 0.3) is 0 Å². The normalized spacial score (nSPS) is 19.2. The van der Waals surface area contributed by atoms with E-state index in [4.69, 9.17) is 21.1 Å². The smallest absolute Gasteiger partial charge is 0.347 e. The molecule has 0 saturated carbocycles. The van der Waals surface area contributed by atoms with E-state index in [2.05, 4.69) is 31.2 Å². The van der Waals surface area contributed by atoms with Crippen LogP contribution in [0.1, 0.15) is 38.0 Å². The number of aromatic amines is 1. The quantitative estimate of drug-likeness (QED) is 0.513. The molecule has 9 nitrogen and oxygen atoms in total. The second kappa shape index (κ2) is 9.65. The van der Waals surface area contributed by atoms with Crippen LogP contribution >= 0.6 is 38.9 Å². The Kier molecular flexibility index (Phi) is 7.40. The van der Waals surface area contributed by atoms with Crippen LogP contribution in [-0.4, -0.2) is 66.4 Å². The molecule has 0 unspecified atom stereocenters. The maximum absolute atomic E-state index is 12.7. The molecule has 0 radical (unpaired) electrons. The number of halogens is 2. The van der Waals surface area contributed by atoms with Gasteiger partial charge in [0, 0.05) is 33.0 Å². The third kappa shape index (κ3) is 4.65. The van der Waals surface area contributed by atoms with Gasteiger partial charge in [-0.1, -0.05) is 22.9 Å². The Labute approximate surface area is 190 Å². The van der Waals surface area contributed by atoms with Crippen LogP contribution in [0.3, 0.4) is 0 Å². The predicted molar refractivity (Wildman–Crippen MR) is 117 cm³/mol. The summed E-state index contributed by atoms with van der Waals surface area (Å²) in [6.07, 6.45) is 0.313. The van der Waals surface area contributed by atoms with Gasteiger partial charge < -0.3 is 29.8 Å². The molecule has 2 aromatic rings. The third-order valence-corrected chi connectivity index (χ3v) is 7.53. The highest BCUT2D eigenvalue weighted by molar-refractivity contribution is 9.10. The lowest BCUT2D eigenvalue weighted by Crippen LogP contribution is -2.55. The molecular formula is C18H22BrClN4O5S. The van der Waals surface area contributed by atoms with Crippen molar-refractivity contribution in [2.45, 2.75) is 32.1 Å². The predicted octanol–water partition coefficient (Wildman–Crippen LogP) is 3.06. The van der Waals surface area contributed by atoms with E-state index in [-0.39, 0.29) is 29.5 Å². The van der Waals surface area contributed by atoms with Crippen molar-refractivity contribution in [2.24, 2.45) is 0 Å². The first-order chi connectivity index (χ1) is 14.3. The number of aromatic carboxylic acids is 1. The number of methoxy groups -OCH3 is 2. The van der Waals surface area contributed by atoms with Crippen molar-refractivity contribution in [3.05, 3.63) is 31.5 Å². The zero-order valence-corrected chi connectivity index (χ0v) is 19.8. The molecule has 1 amide bonds. The summed E-state index contributed by atoms with van der Waals surface area (Å²) in [5, 5.41) is 13.5. The molecule has 164 valence electrons. The molecule has 1 aliphatic heterocycles. The van der Waals surface area contributed by atoms with Crippen molar-refractivity contribution >= 4 is 55.9 Å². The lowest BCUT2D eigenvalue weighted by molar-refractivity contribution is 0.0540. The number of nitrogens with zero attached hydrogens (tertiary/aromatic N) is 2. The van der Waals surface area contributed by atoms with Gasteiger partial charge in [0.25, 0.3) is 5.91 Å². The number of carbonyl (C=O) groups excluding carboxylic acids is 1. The standard InChI is InChI=1S/C18H22BrClN4O5S/c1-8-13(20)12(19)14(21-8)16(25)22-9-4-5-24(6-11(9)29-3)18-23-10(7-28-2)15(30-18)17(26)27/h9,11,21H,4-7H2,1-3H3,(H,22,25)(H,26,27)/t9-,11+/m1/s1. The van der Waals surface area contributed by atoms with Crippen LogP contribution in [-0.2, 0) is 16.1 Å². The molecule has 3 N–H and O–H groups in total. The summed E-state index contributed by atoms with van der Waals surface area (Å²) in [6.45, 7) is 2.98. The molecule has 1 aliphatic rings. The Bertz CT molecular complexity index is 949. The molecule has 30 heavy (non-hydrogen) atoms. The van der Waals surface area contributed by atoms with E-state index in [9.17, 15) is 14.7 Å². The highest BCUT2D eigenvalue weighted by Crippen LogP contribution is 2.31. The Morgan fingerprint density at radius 2 is 2.20 bits per heavy atom. The fourth-order valence-electron chi connectivity index (χ4n) is 3.34. The van der Waals surface area contributed by atoms with Crippen molar-refractivity contribution in [1.29, 1.82) is 0 Å². The summed E-state index contributed by atoms with van der Waals surface area (Å²) in [4.78, 5) is 33.8. The number of nitrogens with one attached hydrogen (secondary N) is 2. The number of rotatable bonds is 7. The maximum Gasteiger partial charge on any atom is 0.347 e. The summed E-state index contributed by atoms with van der Waals surface area (Å²) in [7, 11) is 3.08. The number of aryl methyl sites for hydroxylation is 1. The van der Waals surface area contributed by atoms with Crippen LogP contribution in [0.2, 0.25) is 5.02 Å². The van der Waals surface area contributed by atoms with Crippen LogP contribution in [0.4, 0.5) is 5.13 Å². The number of H-pyrrole nitrogens is 1. The van der Waals surface area contributed by atoms with E-state index in [0.29, 0.717) is 51.2 Å². The minimum atomic E-state index is -1.03. The SMILES string of the molecule is COCc1nc(N2CC[C@@H](NC(=O)c3[nH]c(C)c(Cl)c3Br)[C@@H](OC)C2)sc1C(=O)O.